The molecule has 0 unspecified atom stereocenters. The molecule has 1 amide bonds. The number of carbonyl (C=O) groups excluding carboxylic acids is 2. The lowest BCUT2D eigenvalue weighted by molar-refractivity contribution is 0.0917. The van der Waals surface area contributed by atoms with E-state index in [4.69, 9.17) is 0 Å². The number of carbonyl (C=O) groups is 2. The van der Waals surface area contributed by atoms with Gasteiger partial charge in [0.25, 0.3) is 5.91 Å². The van der Waals surface area contributed by atoms with Gasteiger partial charge in [-0.3, -0.25) is 9.59 Å². The SMILES string of the molecule is CC(=O)c1ccccc1C(=O)NC1CCNCC1. The lowest BCUT2D eigenvalue weighted by Crippen LogP contribution is -2.43. The summed E-state index contributed by atoms with van der Waals surface area (Å²) in [6.45, 7) is 3.34. The van der Waals surface area contributed by atoms with Crippen molar-refractivity contribution >= 4 is 11.7 Å². The van der Waals surface area contributed by atoms with E-state index < -0.39 is 0 Å². The van der Waals surface area contributed by atoms with Crippen LogP contribution >= 0.6 is 0 Å². The molecule has 1 aromatic carbocycles. The minimum atomic E-state index is -0.146. The van der Waals surface area contributed by atoms with E-state index in [1.54, 1.807) is 24.3 Å². The van der Waals surface area contributed by atoms with E-state index in [1.165, 1.54) is 6.92 Å². The fraction of sp³-hybridized carbons (Fsp3) is 0.429. The first-order valence-electron chi connectivity index (χ1n) is 6.30. The summed E-state index contributed by atoms with van der Waals surface area (Å²) < 4.78 is 0. The maximum absolute atomic E-state index is 12.2. The van der Waals surface area contributed by atoms with E-state index >= 15 is 0 Å². The first-order valence-corrected chi connectivity index (χ1v) is 6.30. The van der Waals surface area contributed by atoms with E-state index in [1.807, 2.05) is 0 Å². The molecule has 1 saturated heterocycles. The second-order valence-electron chi connectivity index (χ2n) is 4.60. The smallest absolute Gasteiger partial charge is 0.252 e. The van der Waals surface area contributed by atoms with E-state index in [-0.39, 0.29) is 17.7 Å². The Bertz CT molecular complexity index is 451. The number of piperidine rings is 1. The molecule has 4 heteroatoms. The Morgan fingerprint density at radius 1 is 1.17 bits per heavy atom. The molecule has 0 spiro atoms. The van der Waals surface area contributed by atoms with E-state index in [0.29, 0.717) is 11.1 Å². The van der Waals surface area contributed by atoms with Crippen LogP contribution in [0.1, 0.15) is 40.5 Å². The van der Waals surface area contributed by atoms with Crippen molar-refractivity contribution < 1.29 is 9.59 Å². The Hall–Kier alpha value is -1.68. The van der Waals surface area contributed by atoms with Crippen LogP contribution in [-0.2, 0) is 0 Å². The standard InChI is InChI=1S/C14H18N2O2/c1-10(17)12-4-2-3-5-13(12)14(18)16-11-6-8-15-9-7-11/h2-5,11,15H,6-9H2,1H3,(H,16,18). The zero-order valence-electron chi connectivity index (χ0n) is 10.5. The first kappa shape index (κ1) is 12.8. The van der Waals surface area contributed by atoms with Crippen molar-refractivity contribution in [1.29, 1.82) is 0 Å². The zero-order chi connectivity index (χ0) is 13.0. The number of hydrogen-bond acceptors (Lipinski definition) is 3. The summed E-state index contributed by atoms with van der Waals surface area (Å²) in [7, 11) is 0. The second kappa shape index (κ2) is 5.78. The quantitative estimate of drug-likeness (QED) is 0.792. The van der Waals surface area contributed by atoms with Crippen LogP contribution in [0.25, 0.3) is 0 Å². The molecular weight excluding hydrogens is 228 g/mol. The number of rotatable bonds is 3. The topological polar surface area (TPSA) is 58.2 Å². The van der Waals surface area contributed by atoms with Crippen LogP contribution in [0.4, 0.5) is 0 Å². The van der Waals surface area contributed by atoms with E-state index in [0.717, 1.165) is 25.9 Å². The molecule has 0 atom stereocenters. The van der Waals surface area contributed by atoms with Crippen molar-refractivity contribution in [2.24, 2.45) is 0 Å². The van der Waals surface area contributed by atoms with Crippen LogP contribution in [0.2, 0.25) is 0 Å². The van der Waals surface area contributed by atoms with Crippen LogP contribution < -0.4 is 10.6 Å². The molecule has 0 radical (unpaired) electrons. The molecule has 0 aliphatic carbocycles. The average Bonchev–Trinajstić information content (AvgIpc) is 2.40. The Morgan fingerprint density at radius 2 is 1.78 bits per heavy atom. The number of Topliss-reactive ketones (excluding diaryl/α,β-unsaturated/α-hetero) is 1. The number of amides is 1. The van der Waals surface area contributed by atoms with Crippen molar-refractivity contribution in [2.45, 2.75) is 25.8 Å². The lowest BCUT2D eigenvalue weighted by Gasteiger charge is -2.24. The van der Waals surface area contributed by atoms with Gasteiger partial charge in [0.05, 0.1) is 5.56 Å². The number of hydrogen-bond donors (Lipinski definition) is 2. The summed E-state index contributed by atoms with van der Waals surface area (Å²) in [5, 5.41) is 6.25. The summed E-state index contributed by atoms with van der Waals surface area (Å²) in [6, 6.07) is 7.16. The second-order valence-corrected chi connectivity index (χ2v) is 4.60. The highest BCUT2D eigenvalue weighted by molar-refractivity contribution is 6.07. The summed E-state index contributed by atoms with van der Waals surface area (Å²) >= 11 is 0. The molecule has 96 valence electrons. The maximum atomic E-state index is 12.2. The Labute approximate surface area is 107 Å². The molecule has 1 aromatic rings. The van der Waals surface area contributed by atoms with Gasteiger partial charge in [0.15, 0.2) is 5.78 Å². The molecule has 0 bridgehead atoms. The van der Waals surface area contributed by atoms with Gasteiger partial charge in [-0.15, -0.1) is 0 Å². The largest absolute Gasteiger partial charge is 0.349 e. The van der Waals surface area contributed by atoms with Crippen LogP contribution in [0.3, 0.4) is 0 Å². The number of benzene rings is 1. The third-order valence-corrected chi connectivity index (χ3v) is 3.23. The molecule has 1 aliphatic heterocycles. The highest BCUT2D eigenvalue weighted by atomic mass is 16.2. The predicted octanol–water partition coefficient (Wildman–Crippen LogP) is 1.37. The van der Waals surface area contributed by atoms with Crippen molar-refractivity contribution in [3.8, 4) is 0 Å². The fourth-order valence-electron chi connectivity index (χ4n) is 2.22. The number of nitrogens with one attached hydrogen (secondary N) is 2. The van der Waals surface area contributed by atoms with Crippen molar-refractivity contribution in [3.63, 3.8) is 0 Å². The Kier molecular flexibility index (Phi) is 4.10. The highest BCUT2D eigenvalue weighted by Crippen LogP contribution is 2.11. The maximum Gasteiger partial charge on any atom is 0.252 e. The molecule has 18 heavy (non-hydrogen) atoms. The van der Waals surface area contributed by atoms with Crippen LogP contribution in [0.5, 0.6) is 0 Å². The molecular formula is C14H18N2O2. The predicted molar refractivity (Wildman–Crippen MR) is 69.8 cm³/mol. The van der Waals surface area contributed by atoms with Crippen molar-refractivity contribution in [1.82, 2.24) is 10.6 Å². The van der Waals surface area contributed by atoms with Gasteiger partial charge in [-0.2, -0.15) is 0 Å². The molecule has 1 heterocycles. The highest BCUT2D eigenvalue weighted by Gasteiger charge is 2.19. The summed E-state index contributed by atoms with van der Waals surface area (Å²) in [5.41, 5.74) is 0.965. The lowest BCUT2D eigenvalue weighted by atomic mass is 10.0. The molecule has 2 rings (SSSR count). The summed E-state index contributed by atoms with van der Waals surface area (Å²) in [5.74, 6) is -0.223. The van der Waals surface area contributed by atoms with Gasteiger partial charge in [0.2, 0.25) is 0 Å². The summed E-state index contributed by atoms with van der Waals surface area (Å²) in [6.07, 6.45) is 1.88. The Balaban J connectivity index is 2.10. The van der Waals surface area contributed by atoms with Crippen molar-refractivity contribution in [3.05, 3.63) is 35.4 Å². The molecule has 1 aliphatic rings. The number of ketones is 1. The van der Waals surface area contributed by atoms with Gasteiger partial charge < -0.3 is 10.6 Å². The van der Waals surface area contributed by atoms with Gasteiger partial charge >= 0.3 is 0 Å². The molecule has 0 aromatic heterocycles. The summed E-state index contributed by atoms with van der Waals surface area (Å²) in [4.78, 5) is 23.6. The van der Waals surface area contributed by atoms with E-state index in [9.17, 15) is 9.59 Å². The molecule has 1 fully saturated rings. The van der Waals surface area contributed by atoms with Gasteiger partial charge in [-0.05, 0) is 38.9 Å². The third kappa shape index (κ3) is 2.96. The van der Waals surface area contributed by atoms with Gasteiger partial charge in [-0.25, -0.2) is 0 Å². The van der Waals surface area contributed by atoms with Gasteiger partial charge in [0, 0.05) is 11.6 Å². The van der Waals surface area contributed by atoms with Crippen LogP contribution in [0.15, 0.2) is 24.3 Å². The fourth-order valence-corrected chi connectivity index (χ4v) is 2.22. The minimum Gasteiger partial charge on any atom is -0.349 e. The molecule has 0 saturated carbocycles. The normalized spacial score (nSPS) is 16.3. The third-order valence-electron chi connectivity index (χ3n) is 3.23. The van der Waals surface area contributed by atoms with Crippen molar-refractivity contribution in [2.75, 3.05) is 13.1 Å². The van der Waals surface area contributed by atoms with Crippen LogP contribution in [0, 0.1) is 0 Å². The zero-order valence-corrected chi connectivity index (χ0v) is 10.5. The first-order chi connectivity index (χ1) is 8.68. The van der Waals surface area contributed by atoms with E-state index in [2.05, 4.69) is 10.6 Å². The van der Waals surface area contributed by atoms with Gasteiger partial charge in [-0.1, -0.05) is 18.2 Å². The average molecular weight is 246 g/mol. The molecule has 2 N–H and O–H groups in total. The van der Waals surface area contributed by atoms with Gasteiger partial charge in [0.1, 0.15) is 0 Å². The van der Waals surface area contributed by atoms with Crippen LogP contribution in [-0.4, -0.2) is 30.8 Å². The monoisotopic (exact) mass is 246 g/mol. The Morgan fingerprint density at radius 3 is 2.39 bits per heavy atom. The minimum absolute atomic E-state index is 0.0777. The molecule has 4 nitrogen and oxygen atoms in total.